The van der Waals surface area contributed by atoms with Crippen molar-refractivity contribution in [2.75, 3.05) is 20.6 Å². The molecule has 1 aliphatic carbocycles. The molecule has 1 aromatic heterocycles. The van der Waals surface area contributed by atoms with Crippen molar-refractivity contribution in [2.45, 2.75) is 26.7 Å². The van der Waals surface area contributed by atoms with Crippen LogP contribution in [0.3, 0.4) is 0 Å². The summed E-state index contributed by atoms with van der Waals surface area (Å²) < 4.78 is 1.85. The molecule has 0 atom stereocenters. The first-order valence-corrected chi connectivity index (χ1v) is 10.5. The third-order valence-corrected chi connectivity index (χ3v) is 5.02. The van der Waals surface area contributed by atoms with Gasteiger partial charge in [0.25, 0.3) is 0 Å². The molecule has 31 heavy (non-hydrogen) atoms. The lowest BCUT2D eigenvalue weighted by molar-refractivity contribution is 0.553. The van der Waals surface area contributed by atoms with Crippen LogP contribution in [0.5, 0.6) is 0 Å². The van der Waals surface area contributed by atoms with Gasteiger partial charge in [-0.2, -0.15) is 5.10 Å². The van der Waals surface area contributed by atoms with Crippen molar-refractivity contribution in [3.63, 3.8) is 0 Å². The van der Waals surface area contributed by atoms with Gasteiger partial charge < -0.3 is 4.90 Å². The number of allylic oxidation sites excluding steroid dienone is 5. The molecule has 0 aliphatic heterocycles. The zero-order chi connectivity index (χ0) is 22.2. The van der Waals surface area contributed by atoms with E-state index in [2.05, 4.69) is 89.8 Å². The van der Waals surface area contributed by atoms with Crippen molar-refractivity contribution in [3.05, 3.63) is 89.8 Å². The summed E-state index contributed by atoms with van der Waals surface area (Å²) in [5.74, 6) is 6.67. The van der Waals surface area contributed by atoms with Gasteiger partial charge >= 0.3 is 0 Å². The molecule has 0 unspecified atom stereocenters. The van der Waals surface area contributed by atoms with Crippen LogP contribution in [-0.2, 0) is 0 Å². The first-order chi connectivity index (χ1) is 15.0. The molecule has 1 heterocycles. The lowest BCUT2D eigenvalue weighted by atomic mass is 10.0. The van der Waals surface area contributed by atoms with Gasteiger partial charge in [0.1, 0.15) is 0 Å². The van der Waals surface area contributed by atoms with E-state index in [0.717, 1.165) is 46.6 Å². The SMILES string of the molecule is C=C(c1ccc(-n2cccn2)c(C#CC2=CCCC=C2)c1)N(C)CC(C=C(C)C)=NC. The number of benzene rings is 1. The molecule has 4 nitrogen and oxygen atoms in total. The minimum absolute atomic E-state index is 0.695. The molecule has 0 saturated heterocycles. The number of hydrogen-bond donors (Lipinski definition) is 0. The smallest absolute Gasteiger partial charge is 0.0802 e. The van der Waals surface area contributed by atoms with Crippen LogP contribution < -0.4 is 0 Å². The molecule has 0 amide bonds. The van der Waals surface area contributed by atoms with Crippen LogP contribution in [0.4, 0.5) is 0 Å². The largest absolute Gasteiger partial charge is 0.369 e. The third-order valence-electron chi connectivity index (χ3n) is 5.02. The molecular weight excluding hydrogens is 380 g/mol. The number of hydrogen-bond acceptors (Lipinski definition) is 3. The first kappa shape index (κ1) is 22.1. The summed E-state index contributed by atoms with van der Waals surface area (Å²) in [6.07, 6.45) is 14.4. The molecule has 2 aromatic rings. The van der Waals surface area contributed by atoms with Crippen LogP contribution in [-0.4, -0.2) is 41.0 Å². The highest BCUT2D eigenvalue weighted by Gasteiger charge is 2.11. The monoisotopic (exact) mass is 410 g/mol. The number of aliphatic imine (C=N–C) groups is 1. The predicted octanol–water partition coefficient (Wildman–Crippen LogP) is 5.44. The van der Waals surface area contributed by atoms with E-state index < -0.39 is 0 Å². The fraction of sp³-hybridized carbons (Fsp3) is 0.259. The highest BCUT2D eigenvalue weighted by Crippen LogP contribution is 2.22. The fourth-order valence-corrected chi connectivity index (χ4v) is 3.35. The Labute approximate surface area is 186 Å². The summed E-state index contributed by atoms with van der Waals surface area (Å²) in [6.45, 7) is 9.19. The highest BCUT2D eigenvalue weighted by molar-refractivity contribution is 5.97. The molecule has 0 radical (unpaired) electrons. The van der Waals surface area contributed by atoms with E-state index in [-0.39, 0.29) is 0 Å². The van der Waals surface area contributed by atoms with Crippen LogP contribution >= 0.6 is 0 Å². The molecule has 0 spiro atoms. The minimum Gasteiger partial charge on any atom is -0.369 e. The van der Waals surface area contributed by atoms with Crippen molar-refractivity contribution in [1.82, 2.24) is 14.7 Å². The summed E-state index contributed by atoms with van der Waals surface area (Å²) in [5.41, 5.74) is 7.14. The van der Waals surface area contributed by atoms with Gasteiger partial charge in [0, 0.05) is 37.8 Å². The molecule has 0 N–H and O–H groups in total. The standard InChI is InChI=1S/C27H30N4/c1-21(2)18-26(28-4)20-30(5)22(3)24-14-15-27(31-17-9-16-29-31)25(19-24)13-12-23-10-7-6-8-11-23/h7,9-11,14-19H,3,6,8,20H2,1-2,4-5H3. The second kappa shape index (κ2) is 10.4. The lowest BCUT2D eigenvalue weighted by Crippen LogP contribution is -2.23. The van der Waals surface area contributed by atoms with Crippen molar-refractivity contribution in [2.24, 2.45) is 4.99 Å². The molecule has 158 valence electrons. The van der Waals surface area contributed by atoms with Crippen LogP contribution in [0.1, 0.15) is 37.8 Å². The van der Waals surface area contributed by atoms with E-state index in [1.165, 1.54) is 5.57 Å². The average Bonchev–Trinajstić information content (AvgIpc) is 3.31. The maximum atomic E-state index is 4.40. The van der Waals surface area contributed by atoms with E-state index in [4.69, 9.17) is 0 Å². The molecule has 3 rings (SSSR count). The Hall–Kier alpha value is -3.58. The van der Waals surface area contributed by atoms with E-state index in [1.807, 2.05) is 31.0 Å². The summed E-state index contributed by atoms with van der Waals surface area (Å²) in [5, 5.41) is 4.39. The van der Waals surface area contributed by atoms with E-state index in [9.17, 15) is 0 Å². The number of nitrogens with zero attached hydrogens (tertiary/aromatic N) is 4. The lowest BCUT2D eigenvalue weighted by Gasteiger charge is -2.22. The maximum Gasteiger partial charge on any atom is 0.0802 e. The van der Waals surface area contributed by atoms with Gasteiger partial charge in [-0.05, 0) is 56.5 Å². The predicted molar refractivity (Wildman–Crippen MR) is 131 cm³/mol. The average molecular weight is 411 g/mol. The quantitative estimate of drug-likeness (QED) is 0.469. The van der Waals surface area contributed by atoms with Gasteiger partial charge in [0.05, 0.1) is 23.5 Å². The Morgan fingerprint density at radius 3 is 2.77 bits per heavy atom. The van der Waals surface area contributed by atoms with Crippen molar-refractivity contribution in [1.29, 1.82) is 0 Å². The third kappa shape index (κ3) is 5.96. The summed E-state index contributed by atoms with van der Waals surface area (Å²) in [6, 6.07) is 8.14. The topological polar surface area (TPSA) is 33.4 Å². The van der Waals surface area contributed by atoms with Crippen LogP contribution in [0.25, 0.3) is 11.4 Å². The zero-order valence-corrected chi connectivity index (χ0v) is 18.9. The fourth-order valence-electron chi connectivity index (χ4n) is 3.35. The molecule has 4 heteroatoms. The second-order valence-electron chi connectivity index (χ2n) is 7.81. The Morgan fingerprint density at radius 2 is 2.13 bits per heavy atom. The van der Waals surface area contributed by atoms with Crippen molar-refractivity contribution < 1.29 is 0 Å². The Morgan fingerprint density at radius 1 is 1.29 bits per heavy atom. The maximum absolute atomic E-state index is 4.40. The second-order valence-corrected chi connectivity index (χ2v) is 7.81. The molecular formula is C27H30N4. The van der Waals surface area contributed by atoms with Crippen LogP contribution in [0.15, 0.2) is 83.7 Å². The molecule has 1 aliphatic rings. The van der Waals surface area contributed by atoms with E-state index >= 15 is 0 Å². The van der Waals surface area contributed by atoms with Crippen LogP contribution in [0.2, 0.25) is 0 Å². The zero-order valence-electron chi connectivity index (χ0n) is 18.9. The van der Waals surface area contributed by atoms with Gasteiger partial charge in [0.15, 0.2) is 0 Å². The minimum atomic E-state index is 0.695. The first-order valence-electron chi connectivity index (χ1n) is 10.5. The van der Waals surface area contributed by atoms with Crippen LogP contribution in [0, 0.1) is 11.8 Å². The van der Waals surface area contributed by atoms with Gasteiger partial charge in [-0.25, -0.2) is 4.68 Å². The highest BCUT2D eigenvalue weighted by atomic mass is 15.3. The van der Waals surface area contributed by atoms with Crippen molar-refractivity contribution >= 4 is 11.4 Å². The van der Waals surface area contributed by atoms with E-state index in [0.29, 0.717) is 6.54 Å². The van der Waals surface area contributed by atoms with Gasteiger partial charge in [-0.3, -0.25) is 4.99 Å². The molecule has 0 fully saturated rings. The van der Waals surface area contributed by atoms with Crippen molar-refractivity contribution in [3.8, 4) is 17.5 Å². The Kier molecular flexibility index (Phi) is 7.45. The summed E-state index contributed by atoms with van der Waals surface area (Å²) >= 11 is 0. The molecule has 0 bridgehead atoms. The summed E-state index contributed by atoms with van der Waals surface area (Å²) in [4.78, 5) is 6.52. The van der Waals surface area contributed by atoms with Gasteiger partial charge in [0.2, 0.25) is 0 Å². The summed E-state index contributed by atoms with van der Waals surface area (Å²) in [7, 11) is 3.86. The Bertz CT molecular complexity index is 1110. The molecule has 1 aromatic carbocycles. The van der Waals surface area contributed by atoms with Gasteiger partial charge in [-0.15, -0.1) is 0 Å². The normalized spacial score (nSPS) is 13.2. The number of aromatic nitrogens is 2. The van der Waals surface area contributed by atoms with E-state index in [1.54, 1.807) is 6.20 Å². The van der Waals surface area contributed by atoms with Gasteiger partial charge in [-0.1, -0.05) is 48.3 Å². The molecule has 0 saturated carbocycles. The Balaban J connectivity index is 1.92. The number of rotatable bonds is 6.